The first-order valence-electron chi connectivity index (χ1n) is 7.12. The van der Waals surface area contributed by atoms with Crippen LogP contribution in [0.15, 0.2) is 23.1 Å². The molecule has 0 amide bonds. The third kappa shape index (κ3) is 3.43. The Bertz CT molecular complexity index is 570. The van der Waals surface area contributed by atoms with E-state index in [0.29, 0.717) is 11.7 Å². The monoisotopic (exact) mass is 297 g/mol. The predicted molar refractivity (Wildman–Crippen MR) is 82.1 cm³/mol. The Morgan fingerprint density at radius 1 is 1.30 bits per heavy atom. The fraction of sp³-hybridized carbons (Fsp3) is 0.571. The van der Waals surface area contributed by atoms with Crippen molar-refractivity contribution in [2.45, 2.75) is 50.0 Å². The van der Waals surface area contributed by atoms with Gasteiger partial charge < -0.3 is 10.6 Å². The van der Waals surface area contributed by atoms with Crippen molar-refractivity contribution in [1.82, 2.24) is 0 Å². The Hall–Kier alpha value is -1.27. The lowest BCUT2D eigenvalue weighted by Gasteiger charge is -2.38. The normalized spacial score (nSPS) is 20.1. The zero-order valence-corrected chi connectivity index (χ0v) is 12.7. The third-order valence-electron chi connectivity index (χ3n) is 3.82. The molecule has 0 radical (unpaired) electrons. The topological polar surface area (TPSA) is 89.4 Å². The highest BCUT2D eigenvalue weighted by Gasteiger charge is 2.23. The zero-order chi connectivity index (χ0) is 14.8. The molecule has 1 aliphatic heterocycles. The smallest absolute Gasteiger partial charge is 0.238 e. The number of nitrogen functional groups attached to an aromatic ring is 1. The summed E-state index contributed by atoms with van der Waals surface area (Å²) in [6.45, 7) is 3.11. The molecule has 1 fully saturated rings. The molecule has 1 unspecified atom stereocenters. The molecule has 0 saturated carbocycles. The summed E-state index contributed by atoms with van der Waals surface area (Å²) in [4.78, 5) is 2.37. The Labute approximate surface area is 121 Å². The van der Waals surface area contributed by atoms with Crippen molar-refractivity contribution >= 4 is 21.4 Å². The van der Waals surface area contributed by atoms with Gasteiger partial charge in [0.15, 0.2) is 0 Å². The Morgan fingerprint density at radius 2 is 2.05 bits per heavy atom. The van der Waals surface area contributed by atoms with Gasteiger partial charge in [0.2, 0.25) is 10.0 Å². The molecule has 5 nitrogen and oxygen atoms in total. The highest BCUT2D eigenvalue weighted by Crippen LogP contribution is 2.30. The Morgan fingerprint density at radius 3 is 2.70 bits per heavy atom. The largest absolute Gasteiger partial charge is 0.399 e. The van der Waals surface area contributed by atoms with E-state index in [0.717, 1.165) is 37.9 Å². The first-order chi connectivity index (χ1) is 9.41. The summed E-state index contributed by atoms with van der Waals surface area (Å²) in [7, 11) is -3.72. The molecule has 4 N–H and O–H groups in total. The number of hydrogen-bond donors (Lipinski definition) is 2. The third-order valence-corrected chi connectivity index (χ3v) is 4.72. The Balaban J connectivity index is 2.37. The summed E-state index contributed by atoms with van der Waals surface area (Å²) < 4.78 is 23.1. The lowest BCUT2D eigenvalue weighted by molar-refractivity contribution is 0.434. The van der Waals surface area contributed by atoms with E-state index in [9.17, 15) is 8.42 Å². The SMILES string of the molecule is CCCC1CCCCN1c1cc(N)cc(S(N)(=O)=O)c1. The van der Waals surface area contributed by atoms with Crippen molar-refractivity contribution in [1.29, 1.82) is 0 Å². The lowest BCUT2D eigenvalue weighted by atomic mass is 9.97. The van der Waals surface area contributed by atoms with Crippen LogP contribution in [0, 0.1) is 0 Å². The molecule has 1 heterocycles. The van der Waals surface area contributed by atoms with Crippen LogP contribution in [0.2, 0.25) is 0 Å². The molecule has 0 spiro atoms. The van der Waals surface area contributed by atoms with Crippen LogP contribution >= 0.6 is 0 Å². The van der Waals surface area contributed by atoms with E-state index in [1.54, 1.807) is 6.07 Å². The fourth-order valence-corrected chi connectivity index (χ4v) is 3.50. The van der Waals surface area contributed by atoms with Gasteiger partial charge in [-0.05, 0) is 43.9 Å². The van der Waals surface area contributed by atoms with Gasteiger partial charge in [0.1, 0.15) is 0 Å². The van der Waals surface area contributed by atoms with Crippen molar-refractivity contribution in [3.8, 4) is 0 Å². The maximum atomic E-state index is 11.5. The molecular weight excluding hydrogens is 274 g/mol. The van der Waals surface area contributed by atoms with Crippen molar-refractivity contribution in [2.24, 2.45) is 5.14 Å². The molecule has 6 heteroatoms. The van der Waals surface area contributed by atoms with Gasteiger partial charge in [-0.15, -0.1) is 0 Å². The number of sulfonamides is 1. The van der Waals surface area contributed by atoms with Gasteiger partial charge in [-0.25, -0.2) is 13.6 Å². The Kier molecular flexibility index (Phi) is 4.55. The van der Waals surface area contributed by atoms with Gasteiger partial charge in [-0.3, -0.25) is 0 Å². The number of nitrogens with two attached hydrogens (primary N) is 2. The van der Waals surface area contributed by atoms with Gasteiger partial charge in [0.05, 0.1) is 4.90 Å². The first-order valence-corrected chi connectivity index (χ1v) is 8.66. The van der Waals surface area contributed by atoms with Crippen LogP contribution in [0.5, 0.6) is 0 Å². The maximum Gasteiger partial charge on any atom is 0.238 e. The molecule has 0 bridgehead atoms. The first kappa shape index (κ1) is 15.1. The van der Waals surface area contributed by atoms with Crippen LogP contribution in [-0.4, -0.2) is 21.0 Å². The van der Waals surface area contributed by atoms with Gasteiger partial charge in [0.25, 0.3) is 0 Å². The predicted octanol–water partition coefficient (Wildman–Crippen LogP) is 2.08. The van der Waals surface area contributed by atoms with E-state index in [1.165, 1.54) is 12.5 Å². The van der Waals surface area contributed by atoms with E-state index < -0.39 is 10.0 Å². The standard InChI is InChI=1S/C14H23N3O2S/c1-2-5-12-6-3-4-7-17(12)13-8-11(15)9-14(10-13)20(16,18)19/h8-10,12H,2-7,15H2,1H3,(H2,16,18,19). The van der Waals surface area contributed by atoms with Gasteiger partial charge >= 0.3 is 0 Å². The molecular formula is C14H23N3O2S. The van der Waals surface area contributed by atoms with E-state index in [2.05, 4.69) is 11.8 Å². The summed E-state index contributed by atoms with van der Waals surface area (Å²) >= 11 is 0. The van der Waals surface area contributed by atoms with Gasteiger partial charge in [0, 0.05) is 24.0 Å². The van der Waals surface area contributed by atoms with Crippen molar-refractivity contribution < 1.29 is 8.42 Å². The summed E-state index contributed by atoms with van der Waals surface area (Å²) in [6, 6.07) is 5.35. The van der Waals surface area contributed by atoms with Crippen LogP contribution in [0.1, 0.15) is 39.0 Å². The van der Waals surface area contributed by atoms with Crippen LogP contribution in [0.3, 0.4) is 0 Å². The molecule has 1 aromatic rings. The molecule has 2 rings (SSSR count). The summed E-state index contributed by atoms with van der Waals surface area (Å²) in [5.41, 5.74) is 7.14. The number of nitrogens with zero attached hydrogens (tertiary/aromatic N) is 1. The van der Waals surface area contributed by atoms with Crippen LogP contribution in [-0.2, 0) is 10.0 Å². The molecule has 112 valence electrons. The van der Waals surface area contributed by atoms with Crippen LogP contribution < -0.4 is 15.8 Å². The highest BCUT2D eigenvalue weighted by molar-refractivity contribution is 7.89. The van der Waals surface area contributed by atoms with Crippen molar-refractivity contribution in [3.63, 3.8) is 0 Å². The second-order valence-electron chi connectivity index (χ2n) is 5.44. The molecule has 0 aliphatic carbocycles. The number of benzene rings is 1. The minimum absolute atomic E-state index is 0.0910. The maximum absolute atomic E-state index is 11.5. The van der Waals surface area contributed by atoms with Crippen molar-refractivity contribution in [3.05, 3.63) is 18.2 Å². The number of rotatable bonds is 4. The van der Waals surface area contributed by atoms with E-state index in [1.807, 2.05) is 6.07 Å². The minimum atomic E-state index is -3.72. The molecule has 1 aromatic carbocycles. The van der Waals surface area contributed by atoms with E-state index in [4.69, 9.17) is 10.9 Å². The van der Waals surface area contributed by atoms with E-state index >= 15 is 0 Å². The molecule has 1 saturated heterocycles. The van der Waals surface area contributed by atoms with Gasteiger partial charge in [-0.2, -0.15) is 0 Å². The molecule has 1 aliphatic rings. The fourth-order valence-electron chi connectivity index (χ4n) is 2.91. The molecule has 0 aromatic heterocycles. The number of anilines is 2. The minimum Gasteiger partial charge on any atom is -0.399 e. The summed E-state index contributed by atoms with van der Waals surface area (Å²) in [5, 5.41) is 5.22. The summed E-state index contributed by atoms with van der Waals surface area (Å²) in [5.74, 6) is 0. The average molecular weight is 297 g/mol. The van der Waals surface area contributed by atoms with E-state index in [-0.39, 0.29) is 4.90 Å². The van der Waals surface area contributed by atoms with Crippen LogP contribution in [0.4, 0.5) is 11.4 Å². The zero-order valence-electron chi connectivity index (χ0n) is 11.9. The van der Waals surface area contributed by atoms with Crippen molar-refractivity contribution in [2.75, 3.05) is 17.2 Å². The second kappa shape index (κ2) is 6.01. The second-order valence-corrected chi connectivity index (χ2v) is 7.00. The quantitative estimate of drug-likeness (QED) is 0.833. The number of hydrogen-bond acceptors (Lipinski definition) is 4. The number of piperidine rings is 1. The number of primary sulfonamides is 1. The average Bonchev–Trinajstić information content (AvgIpc) is 2.38. The lowest BCUT2D eigenvalue weighted by Crippen LogP contribution is -2.39. The highest BCUT2D eigenvalue weighted by atomic mass is 32.2. The molecule has 1 atom stereocenters. The van der Waals surface area contributed by atoms with Gasteiger partial charge in [-0.1, -0.05) is 13.3 Å². The molecule has 20 heavy (non-hydrogen) atoms. The van der Waals surface area contributed by atoms with Crippen LogP contribution in [0.25, 0.3) is 0 Å². The summed E-state index contributed by atoms with van der Waals surface area (Å²) in [6.07, 6.45) is 5.73.